The highest BCUT2D eigenvalue weighted by atomic mass is 79.9. The fourth-order valence-corrected chi connectivity index (χ4v) is 2.57. The molecule has 0 saturated carbocycles. The molecule has 0 bridgehead atoms. The highest BCUT2D eigenvalue weighted by molar-refractivity contribution is 9.10. The van der Waals surface area contributed by atoms with E-state index < -0.39 is 0 Å². The highest BCUT2D eigenvalue weighted by Crippen LogP contribution is 2.24. The number of benzene rings is 1. The van der Waals surface area contributed by atoms with Crippen molar-refractivity contribution in [2.24, 2.45) is 7.05 Å². The first kappa shape index (κ1) is 12.6. The average Bonchev–Trinajstić information content (AvgIpc) is 2.74. The van der Waals surface area contributed by atoms with Crippen molar-refractivity contribution >= 4 is 31.9 Å². The van der Waals surface area contributed by atoms with Gasteiger partial charge in [0, 0.05) is 16.9 Å². The molecule has 1 aromatic carbocycles. The van der Waals surface area contributed by atoms with E-state index in [1.54, 1.807) is 4.68 Å². The fraction of sp³-hybridized carbons (Fsp3) is 0.273. The third kappa shape index (κ3) is 3.07. The Morgan fingerprint density at radius 2 is 2.24 bits per heavy atom. The molecule has 4 nitrogen and oxygen atoms in total. The third-order valence-corrected chi connectivity index (χ3v) is 3.71. The van der Waals surface area contributed by atoms with Gasteiger partial charge < -0.3 is 4.74 Å². The summed E-state index contributed by atoms with van der Waals surface area (Å²) in [4.78, 5) is 4.10. The molecule has 1 heterocycles. The van der Waals surface area contributed by atoms with Gasteiger partial charge in [-0.3, -0.25) is 4.68 Å². The number of rotatable bonds is 4. The van der Waals surface area contributed by atoms with Gasteiger partial charge in [0.1, 0.15) is 18.7 Å². The zero-order chi connectivity index (χ0) is 12.3. The molecule has 0 fully saturated rings. The minimum atomic E-state index is 0.417. The monoisotopic (exact) mass is 359 g/mol. The molecular formula is C11H11Br2N3O. The van der Waals surface area contributed by atoms with Crippen LogP contribution in [-0.4, -0.2) is 14.8 Å². The number of alkyl halides is 1. The topological polar surface area (TPSA) is 39.9 Å². The van der Waals surface area contributed by atoms with Crippen molar-refractivity contribution in [1.29, 1.82) is 0 Å². The van der Waals surface area contributed by atoms with E-state index in [1.165, 1.54) is 6.33 Å². The molecule has 0 radical (unpaired) electrons. The van der Waals surface area contributed by atoms with Crippen LogP contribution in [0, 0.1) is 0 Å². The van der Waals surface area contributed by atoms with Crippen LogP contribution in [0.2, 0.25) is 0 Å². The highest BCUT2D eigenvalue weighted by Gasteiger charge is 2.04. The van der Waals surface area contributed by atoms with Crippen molar-refractivity contribution in [3.63, 3.8) is 0 Å². The van der Waals surface area contributed by atoms with Gasteiger partial charge in [-0.05, 0) is 23.8 Å². The maximum Gasteiger partial charge on any atom is 0.164 e. The number of halogens is 2. The summed E-state index contributed by atoms with van der Waals surface area (Å²) in [6, 6.07) is 5.89. The first-order valence-corrected chi connectivity index (χ1v) is 6.92. The summed E-state index contributed by atoms with van der Waals surface area (Å²) in [7, 11) is 1.84. The summed E-state index contributed by atoms with van der Waals surface area (Å²) < 4.78 is 8.43. The first-order chi connectivity index (χ1) is 8.20. The second-order valence-corrected chi connectivity index (χ2v) is 4.89. The van der Waals surface area contributed by atoms with Gasteiger partial charge in [-0.1, -0.05) is 31.9 Å². The number of ether oxygens (including phenoxy) is 1. The van der Waals surface area contributed by atoms with Gasteiger partial charge in [-0.25, -0.2) is 4.98 Å². The van der Waals surface area contributed by atoms with Gasteiger partial charge in [-0.2, -0.15) is 5.10 Å². The Balaban J connectivity index is 2.07. The van der Waals surface area contributed by atoms with Crippen LogP contribution in [0.5, 0.6) is 5.75 Å². The minimum Gasteiger partial charge on any atom is -0.486 e. The average molecular weight is 361 g/mol. The number of aryl methyl sites for hydroxylation is 1. The summed E-state index contributed by atoms with van der Waals surface area (Å²) in [5, 5.41) is 4.77. The zero-order valence-electron chi connectivity index (χ0n) is 9.23. The Morgan fingerprint density at radius 3 is 2.88 bits per heavy atom. The second kappa shape index (κ2) is 5.64. The zero-order valence-corrected chi connectivity index (χ0v) is 12.4. The Morgan fingerprint density at radius 1 is 1.41 bits per heavy atom. The van der Waals surface area contributed by atoms with E-state index in [1.807, 2.05) is 25.2 Å². The van der Waals surface area contributed by atoms with E-state index in [0.29, 0.717) is 6.61 Å². The van der Waals surface area contributed by atoms with Crippen molar-refractivity contribution in [2.75, 3.05) is 0 Å². The van der Waals surface area contributed by atoms with Gasteiger partial charge in [0.05, 0.1) is 0 Å². The standard InChI is InChI=1S/C11H11Br2N3O/c1-16-11(14-7-15-16)6-17-9-2-3-10(13)8(4-9)5-12/h2-4,7H,5-6H2,1H3. The van der Waals surface area contributed by atoms with Crippen LogP contribution in [0.1, 0.15) is 11.4 Å². The van der Waals surface area contributed by atoms with Gasteiger partial charge in [0.2, 0.25) is 0 Å². The van der Waals surface area contributed by atoms with E-state index >= 15 is 0 Å². The Bertz CT molecular complexity index is 513. The predicted octanol–water partition coefficient (Wildman–Crippen LogP) is 3.05. The van der Waals surface area contributed by atoms with E-state index in [0.717, 1.165) is 26.9 Å². The Hall–Kier alpha value is -0.880. The summed E-state index contributed by atoms with van der Waals surface area (Å²) in [5.41, 5.74) is 1.15. The predicted molar refractivity (Wildman–Crippen MR) is 72.1 cm³/mol. The summed E-state index contributed by atoms with van der Waals surface area (Å²) in [6.45, 7) is 0.417. The molecule has 0 aliphatic rings. The maximum absolute atomic E-state index is 5.66. The first-order valence-electron chi connectivity index (χ1n) is 5.01. The van der Waals surface area contributed by atoms with Crippen LogP contribution in [0.4, 0.5) is 0 Å². The molecule has 17 heavy (non-hydrogen) atoms. The normalized spacial score (nSPS) is 10.5. The minimum absolute atomic E-state index is 0.417. The van der Waals surface area contributed by atoms with Gasteiger partial charge in [0.15, 0.2) is 5.82 Å². The smallest absolute Gasteiger partial charge is 0.164 e. The largest absolute Gasteiger partial charge is 0.486 e. The number of nitrogens with zero attached hydrogens (tertiary/aromatic N) is 3. The SMILES string of the molecule is Cn1ncnc1COc1ccc(Br)c(CBr)c1. The Labute approximate surface area is 116 Å². The molecule has 2 rings (SSSR count). The van der Waals surface area contributed by atoms with Crippen molar-refractivity contribution in [3.8, 4) is 5.75 Å². The van der Waals surface area contributed by atoms with E-state index in [2.05, 4.69) is 41.9 Å². The van der Waals surface area contributed by atoms with Crippen molar-refractivity contribution in [3.05, 3.63) is 40.4 Å². The molecule has 0 aliphatic heterocycles. The molecule has 0 aliphatic carbocycles. The third-order valence-electron chi connectivity index (χ3n) is 2.33. The van der Waals surface area contributed by atoms with E-state index in [-0.39, 0.29) is 0 Å². The van der Waals surface area contributed by atoms with Crippen LogP contribution in [0.15, 0.2) is 29.0 Å². The van der Waals surface area contributed by atoms with Crippen LogP contribution >= 0.6 is 31.9 Å². The molecule has 2 aromatic rings. The lowest BCUT2D eigenvalue weighted by atomic mass is 10.2. The number of hydrogen-bond acceptors (Lipinski definition) is 3. The summed E-state index contributed by atoms with van der Waals surface area (Å²) >= 11 is 6.91. The molecule has 90 valence electrons. The molecule has 0 amide bonds. The molecule has 0 spiro atoms. The van der Waals surface area contributed by atoms with Crippen LogP contribution in [-0.2, 0) is 19.0 Å². The molecule has 1 aromatic heterocycles. The second-order valence-electron chi connectivity index (χ2n) is 3.48. The lowest BCUT2D eigenvalue weighted by molar-refractivity contribution is 0.289. The summed E-state index contributed by atoms with van der Waals surface area (Å²) in [5.74, 6) is 1.62. The lowest BCUT2D eigenvalue weighted by Crippen LogP contribution is -2.04. The molecule has 0 atom stereocenters. The van der Waals surface area contributed by atoms with Crippen LogP contribution in [0.3, 0.4) is 0 Å². The molecule has 0 saturated heterocycles. The molecule has 0 unspecified atom stereocenters. The lowest BCUT2D eigenvalue weighted by Gasteiger charge is -2.08. The molecular weight excluding hydrogens is 350 g/mol. The maximum atomic E-state index is 5.66. The van der Waals surface area contributed by atoms with Crippen LogP contribution in [0.25, 0.3) is 0 Å². The molecule has 6 heteroatoms. The van der Waals surface area contributed by atoms with Crippen LogP contribution < -0.4 is 4.74 Å². The quantitative estimate of drug-likeness (QED) is 0.786. The van der Waals surface area contributed by atoms with Crippen molar-refractivity contribution in [1.82, 2.24) is 14.8 Å². The van der Waals surface area contributed by atoms with Crippen molar-refractivity contribution < 1.29 is 4.74 Å². The van der Waals surface area contributed by atoms with Gasteiger partial charge in [0.25, 0.3) is 0 Å². The number of aromatic nitrogens is 3. The Kier molecular flexibility index (Phi) is 4.17. The molecule has 0 N–H and O–H groups in total. The number of hydrogen-bond donors (Lipinski definition) is 0. The van der Waals surface area contributed by atoms with E-state index in [9.17, 15) is 0 Å². The van der Waals surface area contributed by atoms with Gasteiger partial charge >= 0.3 is 0 Å². The fourth-order valence-electron chi connectivity index (χ4n) is 1.34. The summed E-state index contributed by atoms with van der Waals surface area (Å²) in [6.07, 6.45) is 1.52. The van der Waals surface area contributed by atoms with E-state index in [4.69, 9.17) is 4.74 Å². The van der Waals surface area contributed by atoms with Gasteiger partial charge in [-0.15, -0.1) is 0 Å². The van der Waals surface area contributed by atoms with Crippen molar-refractivity contribution in [2.45, 2.75) is 11.9 Å².